The molecule has 2 aromatic carbocycles. The van der Waals surface area contributed by atoms with Crippen LogP contribution in [0.4, 0.5) is 18.9 Å². The summed E-state index contributed by atoms with van der Waals surface area (Å²) in [6, 6.07) is 9.16. The molecule has 8 heteroatoms. The molecule has 3 rings (SSSR count). The van der Waals surface area contributed by atoms with Crippen molar-refractivity contribution < 1.29 is 32.2 Å². The molecule has 0 unspecified atom stereocenters. The van der Waals surface area contributed by atoms with Gasteiger partial charge in [-0.2, -0.15) is 13.2 Å². The predicted molar refractivity (Wildman–Crippen MR) is 87.6 cm³/mol. The predicted octanol–water partition coefficient (Wildman–Crippen LogP) is 3.88. The number of benzene rings is 2. The fraction of sp³-hybridized carbons (Fsp3) is 0.278. The van der Waals surface area contributed by atoms with E-state index in [0.717, 1.165) is 18.6 Å². The maximum absolute atomic E-state index is 12.5. The lowest BCUT2D eigenvalue weighted by Gasteiger charge is -2.11. The molecule has 0 aromatic heterocycles. The summed E-state index contributed by atoms with van der Waals surface area (Å²) in [4.78, 5) is 12.0. The SMILES string of the molecule is O=C(COc1ccc(C(F)(F)F)cc1)Nc1ccc2c(c1)OCCCO2. The number of halogens is 3. The summed E-state index contributed by atoms with van der Waals surface area (Å²) in [6.45, 7) is 0.765. The maximum Gasteiger partial charge on any atom is 0.416 e. The van der Waals surface area contributed by atoms with Crippen molar-refractivity contribution in [2.75, 3.05) is 25.1 Å². The first-order valence-corrected chi connectivity index (χ1v) is 7.91. The largest absolute Gasteiger partial charge is 0.490 e. The van der Waals surface area contributed by atoms with E-state index in [1.165, 1.54) is 12.1 Å². The highest BCUT2D eigenvalue weighted by Crippen LogP contribution is 2.32. The summed E-state index contributed by atoms with van der Waals surface area (Å²) in [5.41, 5.74) is -0.267. The van der Waals surface area contributed by atoms with E-state index >= 15 is 0 Å². The highest BCUT2D eigenvalue weighted by atomic mass is 19.4. The first-order chi connectivity index (χ1) is 12.4. The number of hydrogen-bond donors (Lipinski definition) is 1. The molecular weight excluding hydrogens is 351 g/mol. The van der Waals surface area contributed by atoms with E-state index in [9.17, 15) is 18.0 Å². The van der Waals surface area contributed by atoms with Gasteiger partial charge >= 0.3 is 6.18 Å². The molecule has 1 N–H and O–H groups in total. The molecule has 1 aliphatic heterocycles. The van der Waals surface area contributed by atoms with E-state index in [1.54, 1.807) is 18.2 Å². The van der Waals surface area contributed by atoms with Crippen molar-refractivity contribution in [3.05, 3.63) is 48.0 Å². The average molecular weight is 367 g/mol. The standard InChI is InChI=1S/C18H16F3NO4/c19-18(20,21)12-2-5-14(6-3-12)26-11-17(23)22-13-4-7-15-16(10-13)25-9-1-8-24-15/h2-7,10H,1,8-9,11H2,(H,22,23). The van der Waals surface area contributed by atoms with Gasteiger partial charge in [0, 0.05) is 18.2 Å². The molecule has 0 fully saturated rings. The second-order valence-corrected chi connectivity index (χ2v) is 5.57. The zero-order chi connectivity index (χ0) is 18.6. The number of ether oxygens (including phenoxy) is 3. The van der Waals surface area contributed by atoms with E-state index in [2.05, 4.69) is 5.32 Å². The van der Waals surface area contributed by atoms with Crippen molar-refractivity contribution in [3.8, 4) is 17.2 Å². The third kappa shape index (κ3) is 4.59. The number of amides is 1. The van der Waals surface area contributed by atoms with Crippen LogP contribution >= 0.6 is 0 Å². The molecule has 0 spiro atoms. The molecular formula is C18H16F3NO4. The second kappa shape index (κ2) is 7.55. The summed E-state index contributed by atoms with van der Waals surface area (Å²) in [5.74, 6) is 0.886. The van der Waals surface area contributed by atoms with Crippen molar-refractivity contribution in [2.45, 2.75) is 12.6 Å². The van der Waals surface area contributed by atoms with Crippen LogP contribution in [0.15, 0.2) is 42.5 Å². The molecule has 0 saturated carbocycles. The Hall–Kier alpha value is -2.90. The van der Waals surface area contributed by atoms with Crippen molar-refractivity contribution in [3.63, 3.8) is 0 Å². The van der Waals surface area contributed by atoms with E-state index in [4.69, 9.17) is 14.2 Å². The Morgan fingerprint density at radius 2 is 1.73 bits per heavy atom. The molecule has 0 saturated heterocycles. The minimum atomic E-state index is -4.41. The third-order valence-corrected chi connectivity index (χ3v) is 3.58. The van der Waals surface area contributed by atoms with Gasteiger partial charge in [0.1, 0.15) is 5.75 Å². The molecule has 0 atom stereocenters. The second-order valence-electron chi connectivity index (χ2n) is 5.57. The molecule has 0 radical (unpaired) electrons. The molecule has 26 heavy (non-hydrogen) atoms. The van der Waals surface area contributed by atoms with Crippen LogP contribution in [0.2, 0.25) is 0 Å². The number of carbonyl (C=O) groups is 1. The molecule has 0 bridgehead atoms. The summed E-state index contributed by atoms with van der Waals surface area (Å²) in [7, 11) is 0. The number of fused-ring (bicyclic) bond motifs is 1. The number of rotatable bonds is 4. The van der Waals surface area contributed by atoms with Gasteiger partial charge in [-0.05, 0) is 36.4 Å². The number of anilines is 1. The normalized spacial score (nSPS) is 13.7. The van der Waals surface area contributed by atoms with Crippen LogP contribution in [0.25, 0.3) is 0 Å². The number of hydrogen-bond acceptors (Lipinski definition) is 4. The lowest BCUT2D eigenvalue weighted by Crippen LogP contribution is -2.20. The van der Waals surface area contributed by atoms with Gasteiger partial charge in [-0.15, -0.1) is 0 Å². The number of carbonyl (C=O) groups excluding carboxylic acids is 1. The van der Waals surface area contributed by atoms with Gasteiger partial charge in [-0.25, -0.2) is 0 Å². The molecule has 5 nitrogen and oxygen atoms in total. The molecule has 1 aliphatic rings. The van der Waals surface area contributed by atoms with Gasteiger partial charge in [-0.3, -0.25) is 4.79 Å². The quantitative estimate of drug-likeness (QED) is 0.891. The summed E-state index contributed by atoms with van der Waals surface area (Å²) >= 11 is 0. The Morgan fingerprint density at radius 3 is 2.42 bits per heavy atom. The minimum Gasteiger partial charge on any atom is -0.490 e. The molecule has 2 aromatic rings. The van der Waals surface area contributed by atoms with Crippen molar-refractivity contribution in [2.24, 2.45) is 0 Å². The molecule has 138 valence electrons. The summed E-state index contributed by atoms with van der Waals surface area (Å²) < 4.78 is 53.7. The summed E-state index contributed by atoms with van der Waals surface area (Å²) in [6.07, 6.45) is -3.63. The van der Waals surface area contributed by atoms with Crippen LogP contribution in [-0.4, -0.2) is 25.7 Å². The van der Waals surface area contributed by atoms with Crippen LogP contribution in [0.3, 0.4) is 0 Å². The monoisotopic (exact) mass is 367 g/mol. The first kappa shape index (κ1) is 17.9. The van der Waals surface area contributed by atoms with Crippen LogP contribution in [0, 0.1) is 0 Å². The van der Waals surface area contributed by atoms with Crippen LogP contribution in [0.1, 0.15) is 12.0 Å². The van der Waals surface area contributed by atoms with E-state index in [0.29, 0.717) is 30.4 Å². The third-order valence-electron chi connectivity index (χ3n) is 3.58. The minimum absolute atomic E-state index is 0.173. The zero-order valence-corrected chi connectivity index (χ0v) is 13.6. The number of nitrogens with one attached hydrogen (secondary N) is 1. The Labute approximate surface area is 147 Å². The average Bonchev–Trinajstić information content (AvgIpc) is 2.84. The highest BCUT2D eigenvalue weighted by molar-refractivity contribution is 5.92. The van der Waals surface area contributed by atoms with E-state index in [-0.39, 0.29) is 12.4 Å². The van der Waals surface area contributed by atoms with Crippen molar-refractivity contribution >= 4 is 11.6 Å². The number of alkyl halides is 3. The molecule has 1 amide bonds. The van der Waals surface area contributed by atoms with E-state index in [1.807, 2.05) is 0 Å². The first-order valence-electron chi connectivity index (χ1n) is 7.91. The Bertz CT molecular complexity index is 775. The lowest BCUT2D eigenvalue weighted by molar-refractivity contribution is -0.137. The smallest absolute Gasteiger partial charge is 0.416 e. The van der Waals surface area contributed by atoms with Crippen LogP contribution in [0.5, 0.6) is 17.2 Å². The Kier molecular flexibility index (Phi) is 5.20. The molecule has 1 heterocycles. The molecule has 0 aliphatic carbocycles. The Morgan fingerprint density at radius 1 is 1.04 bits per heavy atom. The fourth-order valence-electron chi connectivity index (χ4n) is 2.33. The van der Waals surface area contributed by atoms with Crippen molar-refractivity contribution in [1.29, 1.82) is 0 Å². The van der Waals surface area contributed by atoms with Crippen molar-refractivity contribution in [1.82, 2.24) is 0 Å². The van der Waals surface area contributed by atoms with Gasteiger partial charge in [0.25, 0.3) is 5.91 Å². The Balaban J connectivity index is 1.55. The highest BCUT2D eigenvalue weighted by Gasteiger charge is 2.30. The topological polar surface area (TPSA) is 56.8 Å². The van der Waals surface area contributed by atoms with Gasteiger partial charge in [0.2, 0.25) is 0 Å². The van der Waals surface area contributed by atoms with Crippen LogP contribution in [-0.2, 0) is 11.0 Å². The summed E-state index contributed by atoms with van der Waals surface area (Å²) in [5, 5.41) is 2.64. The lowest BCUT2D eigenvalue weighted by atomic mass is 10.2. The van der Waals surface area contributed by atoms with Gasteiger partial charge < -0.3 is 19.5 Å². The van der Waals surface area contributed by atoms with Gasteiger partial charge in [0.15, 0.2) is 18.1 Å². The zero-order valence-electron chi connectivity index (χ0n) is 13.6. The van der Waals surface area contributed by atoms with Crippen LogP contribution < -0.4 is 19.5 Å². The van der Waals surface area contributed by atoms with Gasteiger partial charge in [-0.1, -0.05) is 0 Å². The van der Waals surface area contributed by atoms with E-state index < -0.39 is 17.6 Å². The fourth-order valence-corrected chi connectivity index (χ4v) is 2.33. The van der Waals surface area contributed by atoms with Gasteiger partial charge in [0.05, 0.1) is 18.8 Å². The maximum atomic E-state index is 12.5.